The van der Waals surface area contributed by atoms with Gasteiger partial charge in [-0.2, -0.15) is 0 Å². The Kier molecular flexibility index (Phi) is 4.92. The maximum Gasteiger partial charge on any atom is 0.251 e. The molecule has 2 heterocycles. The molecule has 0 radical (unpaired) electrons. The monoisotopic (exact) mass is 339 g/mol. The van der Waals surface area contributed by atoms with Crippen LogP contribution in [0.3, 0.4) is 0 Å². The Hall–Kier alpha value is -2.96. The van der Waals surface area contributed by atoms with Gasteiger partial charge in [0.25, 0.3) is 5.91 Å². The number of aliphatic imine (C=N–C) groups is 1. The van der Waals surface area contributed by atoms with Gasteiger partial charge < -0.3 is 15.2 Å². The van der Waals surface area contributed by atoms with Gasteiger partial charge in [-0.3, -0.25) is 14.6 Å². The van der Waals surface area contributed by atoms with Crippen LogP contribution in [-0.4, -0.2) is 41.2 Å². The second kappa shape index (κ2) is 7.29. The van der Waals surface area contributed by atoms with Crippen molar-refractivity contribution in [3.05, 3.63) is 46.9 Å². The van der Waals surface area contributed by atoms with Crippen molar-refractivity contribution in [2.75, 3.05) is 18.9 Å². The van der Waals surface area contributed by atoms with Crippen molar-refractivity contribution >= 4 is 23.8 Å². The lowest BCUT2D eigenvalue weighted by atomic mass is 10.0. The number of Topliss-reactive ketones (excluding diaryl/α,β-unsaturated/α-hetero) is 1. The number of benzene rings is 1. The number of amides is 1. The third-order valence-corrected chi connectivity index (χ3v) is 4.31. The van der Waals surface area contributed by atoms with Gasteiger partial charge in [-0.25, -0.2) is 4.98 Å². The number of nitrogens with one attached hydrogen (secondary N) is 2. The van der Waals surface area contributed by atoms with E-state index in [0.717, 1.165) is 30.5 Å². The Balaban J connectivity index is 1.69. The van der Waals surface area contributed by atoms with Crippen molar-refractivity contribution in [3.63, 3.8) is 0 Å². The van der Waals surface area contributed by atoms with Gasteiger partial charge >= 0.3 is 0 Å². The number of aryl methyl sites for hydroxylation is 3. The molecule has 2 N–H and O–H groups in total. The van der Waals surface area contributed by atoms with E-state index in [4.69, 9.17) is 0 Å². The van der Waals surface area contributed by atoms with E-state index >= 15 is 0 Å². The number of nitrogens with zero attached hydrogens (tertiary/aromatic N) is 3. The third kappa shape index (κ3) is 3.60. The second-order valence-electron chi connectivity index (χ2n) is 6.00. The summed E-state index contributed by atoms with van der Waals surface area (Å²) in [7, 11) is 1.63. The zero-order valence-corrected chi connectivity index (χ0v) is 14.4. The number of hydrogen-bond donors (Lipinski definition) is 2. The van der Waals surface area contributed by atoms with Gasteiger partial charge in [-0.05, 0) is 43.0 Å². The Morgan fingerprint density at radius 2 is 2.24 bits per heavy atom. The van der Waals surface area contributed by atoms with Crippen LogP contribution < -0.4 is 10.6 Å². The summed E-state index contributed by atoms with van der Waals surface area (Å²) >= 11 is 0. The predicted octanol–water partition coefficient (Wildman–Crippen LogP) is 1.82. The first-order chi connectivity index (χ1) is 12.1. The Bertz CT molecular complexity index is 838. The first-order valence-corrected chi connectivity index (χ1v) is 8.25. The quantitative estimate of drug-likeness (QED) is 0.870. The molecule has 1 aromatic heterocycles. The molecule has 0 unspecified atom stereocenters. The minimum Gasteiger partial charge on any atom is -0.355 e. The lowest BCUT2D eigenvalue weighted by molar-refractivity contribution is 0.0961. The number of carbonyl (C=O) groups excluding carboxylic acids is 2. The number of aromatic nitrogens is 2. The van der Waals surface area contributed by atoms with E-state index in [1.54, 1.807) is 19.7 Å². The third-order valence-electron chi connectivity index (χ3n) is 4.31. The highest BCUT2D eigenvalue weighted by molar-refractivity contribution is 6.04. The zero-order valence-electron chi connectivity index (χ0n) is 14.4. The van der Waals surface area contributed by atoms with Gasteiger partial charge in [-0.15, -0.1) is 0 Å². The second-order valence-corrected chi connectivity index (χ2v) is 6.00. The molecule has 0 saturated carbocycles. The van der Waals surface area contributed by atoms with Crippen molar-refractivity contribution in [3.8, 4) is 0 Å². The van der Waals surface area contributed by atoms with E-state index < -0.39 is 0 Å². The molecule has 0 bridgehead atoms. The number of imidazole rings is 1. The fourth-order valence-electron chi connectivity index (χ4n) is 2.88. The highest BCUT2D eigenvalue weighted by Gasteiger charge is 2.19. The van der Waals surface area contributed by atoms with Crippen molar-refractivity contribution in [1.82, 2.24) is 14.9 Å². The van der Waals surface area contributed by atoms with Gasteiger partial charge in [0.05, 0.1) is 12.7 Å². The van der Waals surface area contributed by atoms with E-state index in [9.17, 15) is 9.59 Å². The summed E-state index contributed by atoms with van der Waals surface area (Å²) in [5, 5.41) is 5.68. The summed E-state index contributed by atoms with van der Waals surface area (Å²) in [6.07, 6.45) is 4.93. The zero-order chi connectivity index (χ0) is 17.8. The van der Waals surface area contributed by atoms with E-state index in [-0.39, 0.29) is 18.2 Å². The molecule has 3 rings (SSSR count). The smallest absolute Gasteiger partial charge is 0.251 e. The summed E-state index contributed by atoms with van der Waals surface area (Å²) in [4.78, 5) is 31.9. The highest BCUT2D eigenvalue weighted by Crippen LogP contribution is 2.19. The molecule has 1 aliphatic heterocycles. The first-order valence-electron chi connectivity index (χ1n) is 8.25. The van der Waals surface area contributed by atoms with E-state index in [0.29, 0.717) is 17.1 Å². The summed E-state index contributed by atoms with van der Waals surface area (Å²) in [6, 6.07) is 5.75. The van der Waals surface area contributed by atoms with E-state index in [2.05, 4.69) is 20.6 Å². The molecule has 1 amide bonds. The van der Waals surface area contributed by atoms with Gasteiger partial charge in [0.1, 0.15) is 12.4 Å². The average molecular weight is 339 g/mol. The molecule has 0 atom stereocenters. The topological polar surface area (TPSA) is 88.4 Å². The summed E-state index contributed by atoms with van der Waals surface area (Å²) in [5.41, 5.74) is 3.42. The number of fused-ring (bicyclic) bond motifs is 1. The average Bonchev–Trinajstić information content (AvgIpc) is 2.93. The van der Waals surface area contributed by atoms with Crippen LogP contribution in [0.4, 0.5) is 5.82 Å². The normalized spacial score (nSPS) is 13.1. The van der Waals surface area contributed by atoms with Crippen molar-refractivity contribution < 1.29 is 9.59 Å². The SMILES string of the molecule is CNC(=O)c1ccc(C)c(CCCn2cnc3c2NC=NCC3=O)c1. The largest absolute Gasteiger partial charge is 0.355 e. The van der Waals surface area contributed by atoms with Crippen LogP contribution in [0.1, 0.15) is 38.4 Å². The Morgan fingerprint density at radius 1 is 1.40 bits per heavy atom. The summed E-state index contributed by atoms with van der Waals surface area (Å²) in [5.74, 6) is 0.536. The van der Waals surface area contributed by atoms with Crippen molar-refractivity contribution in [1.29, 1.82) is 0 Å². The van der Waals surface area contributed by atoms with Crippen LogP contribution in [0.5, 0.6) is 0 Å². The molecule has 0 aliphatic carbocycles. The molecule has 1 aliphatic rings. The number of hydrogen-bond acceptors (Lipinski definition) is 5. The van der Waals surface area contributed by atoms with E-state index in [1.807, 2.05) is 29.7 Å². The number of rotatable bonds is 5. The van der Waals surface area contributed by atoms with Crippen LogP contribution in [0.15, 0.2) is 29.5 Å². The molecule has 0 fully saturated rings. The van der Waals surface area contributed by atoms with Gasteiger partial charge in [0, 0.05) is 19.2 Å². The van der Waals surface area contributed by atoms with Crippen molar-refractivity contribution in [2.24, 2.45) is 4.99 Å². The summed E-state index contributed by atoms with van der Waals surface area (Å²) < 4.78 is 1.93. The number of ketones is 1. The lowest BCUT2D eigenvalue weighted by Gasteiger charge is -2.10. The van der Waals surface area contributed by atoms with Gasteiger partial charge in [0.2, 0.25) is 5.78 Å². The minimum absolute atomic E-state index is 0.0795. The molecular formula is C18H21N5O2. The molecule has 7 nitrogen and oxygen atoms in total. The minimum atomic E-state index is -0.0804. The fourth-order valence-corrected chi connectivity index (χ4v) is 2.88. The van der Waals surface area contributed by atoms with Crippen molar-refractivity contribution in [2.45, 2.75) is 26.3 Å². The maximum absolute atomic E-state index is 11.9. The molecule has 2 aromatic rings. The van der Waals surface area contributed by atoms with Gasteiger partial charge in [0.15, 0.2) is 5.69 Å². The lowest BCUT2D eigenvalue weighted by Crippen LogP contribution is -2.18. The molecule has 0 spiro atoms. The molecule has 0 saturated heterocycles. The number of anilines is 1. The van der Waals surface area contributed by atoms with Gasteiger partial charge in [-0.1, -0.05) is 6.07 Å². The number of carbonyl (C=O) groups is 2. The van der Waals surface area contributed by atoms with Crippen LogP contribution in [0.2, 0.25) is 0 Å². The first kappa shape index (κ1) is 16.9. The van der Waals surface area contributed by atoms with Crippen LogP contribution in [0.25, 0.3) is 0 Å². The van der Waals surface area contributed by atoms with Crippen LogP contribution >= 0.6 is 0 Å². The Morgan fingerprint density at radius 3 is 3.04 bits per heavy atom. The maximum atomic E-state index is 11.9. The Labute approximate surface area is 146 Å². The molecule has 130 valence electrons. The molecule has 25 heavy (non-hydrogen) atoms. The summed E-state index contributed by atoms with van der Waals surface area (Å²) in [6.45, 7) is 2.89. The van der Waals surface area contributed by atoms with Crippen LogP contribution in [-0.2, 0) is 13.0 Å². The standard InChI is InChI=1S/C18H21N5O2/c1-12-5-6-14(18(25)19-2)8-13(12)4-3-7-23-11-22-16-15(24)9-20-10-21-17(16)23/h5-6,8,10-11H,3-4,7,9H2,1-2H3,(H,19,25)(H,20,21). The van der Waals surface area contributed by atoms with E-state index in [1.165, 1.54) is 0 Å². The molecule has 7 heteroatoms. The highest BCUT2D eigenvalue weighted by atomic mass is 16.1. The predicted molar refractivity (Wildman–Crippen MR) is 96.4 cm³/mol. The molecule has 1 aromatic carbocycles. The fraction of sp³-hybridized carbons (Fsp3) is 0.333. The van der Waals surface area contributed by atoms with Crippen LogP contribution in [0, 0.1) is 6.92 Å². The molecular weight excluding hydrogens is 318 g/mol.